The summed E-state index contributed by atoms with van der Waals surface area (Å²) >= 11 is 0. The van der Waals surface area contributed by atoms with Crippen molar-refractivity contribution in [3.8, 4) is 17.6 Å². The lowest BCUT2D eigenvalue weighted by Crippen LogP contribution is -2.10. The van der Waals surface area contributed by atoms with Gasteiger partial charge in [0.25, 0.3) is 0 Å². The Morgan fingerprint density at radius 1 is 1.26 bits per heavy atom. The van der Waals surface area contributed by atoms with Crippen molar-refractivity contribution in [2.24, 2.45) is 5.92 Å². The van der Waals surface area contributed by atoms with E-state index in [4.69, 9.17) is 9.84 Å². The van der Waals surface area contributed by atoms with Crippen LogP contribution in [0.15, 0.2) is 18.2 Å². The van der Waals surface area contributed by atoms with Gasteiger partial charge in [0.05, 0.1) is 13.2 Å². The van der Waals surface area contributed by atoms with E-state index in [1.165, 1.54) is 0 Å². The van der Waals surface area contributed by atoms with Crippen molar-refractivity contribution in [1.82, 2.24) is 0 Å². The Bertz CT molecular complexity index is 436. The summed E-state index contributed by atoms with van der Waals surface area (Å²) in [5.74, 6) is 7.53. The number of aryl methyl sites for hydroxylation is 1. The second kappa shape index (κ2) is 8.61. The van der Waals surface area contributed by atoms with E-state index < -0.39 is 0 Å². The van der Waals surface area contributed by atoms with Crippen molar-refractivity contribution in [1.29, 1.82) is 0 Å². The lowest BCUT2D eigenvalue weighted by atomic mass is 10.1. The molecule has 2 heteroatoms. The number of hydrogen-bond acceptors (Lipinski definition) is 2. The van der Waals surface area contributed by atoms with E-state index in [9.17, 15) is 0 Å². The fourth-order valence-corrected chi connectivity index (χ4v) is 1.84. The first-order chi connectivity index (χ1) is 9.21. The highest BCUT2D eigenvalue weighted by Crippen LogP contribution is 2.20. The molecule has 0 amide bonds. The van der Waals surface area contributed by atoms with Gasteiger partial charge >= 0.3 is 0 Å². The van der Waals surface area contributed by atoms with E-state index in [1.54, 1.807) is 0 Å². The summed E-state index contributed by atoms with van der Waals surface area (Å²) in [6.07, 6.45) is 2.83. The normalized spacial score (nSPS) is 10.2. The highest BCUT2D eigenvalue weighted by atomic mass is 16.5. The standard InChI is InChI=1S/C17H24O2/c1-4-15(5-2)13-19-17-10-9-16(12-14(17)3)8-6-7-11-18/h9-10,12,15,18H,4-5,7,11,13H2,1-3H3. The van der Waals surface area contributed by atoms with Gasteiger partial charge in [-0.3, -0.25) is 0 Å². The quantitative estimate of drug-likeness (QED) is 0.793. The molecular formula is C17H24O2. The molecule has 0 spiro atoms. The molecule has 1 N–H and O–H groups in total. The molecule has 0 aromatic heterocycles. The first-order valence-electron chi connectivity index (χ1n) is 7.04. The van der Waals surface area contributed by atoms with Crippen LogP contribution >= 0.6 is 0 Å². The van der Waals surface area contributed by atoms with Gasteiger partial charge in [-0.15, -0.1) is 0 Å². The Labute approximate surface area is 116 Å². The van der Waals surface area contributed by atoms with Crippen LogP contribution in [0.1, 0.15) is 44.2 Å². The molecule has 1 rings (SSSR count). The fraction of sp³-hybridized carbons (Fsp3) is 0.529. The first-order valence-corrected chi connectivity index (χ1v) is 7.04. The third kappa shape index (κ3) is 5.36. The Morgan fingerprint density at radius 3 is 2.58 bits per heavy atom. The van der Waals surface area contributed by atoms with Gasteiger partial charge in [-0.1, -0.05) is 38.5 Å². The zero-order valence-corrected chi connectivity index (χ0v) is 12.2. The van der Waals surface area contributed by atoms with Crippen LogP contribution in [-0.2, 0) is 0 Å². The van der Waals surface area contributed by atoms with Crippen molar-refractivity contribution in [2.45, 2.75) is 40.0 Å². The molecule has 0 aliphatic heterocycles. The predicted molar refractivity (Wildman–Crippen MR) is 79.3 cm³/mol. The number of aliphatic hydroxyl groups excluding tert-OH is 1. The van der Waals surface area contributed by atoms with E-state index in [1.807, 2.05) is 25.1 Å². The summed E-state index contributed by atoms with van der Waals surface area (Å²) < 4.78 is 5.87. The third-order valence-corrected chi connectivity index (χ3v) is 3.27. The van der Waals surface area contributed by atoms with Crippen molar-refractivity contribution in [3.05, 3.63) is 29.3 Å². The maximum absolute atomic E-state index is 8.69. The number of benzene rings is 1. The third-order valence-electron chi connectivity index (χ3n) is 3.27. The molecule has 19 heavy (non-hydrogen) atoms. The minimum Gasteiger partial charge on any atom is -0.493 e. The van der Waals surface area contributed by atoms with Crippen molar-refractivity contribution in [3.63, 3.8) is 0 Å². The zero-order valence-electron chi connectivity index (χ0n) is 12.2. The van der Waals surface area contributed by atoms with Crippen LogP contribution in [-0.4, -0.2) is 18.3 Å². The van der Waals surface area contributed by atoms with Gasteiger partial charge in [-0.05, 0) is 36.6 Å². The summed E-state index contributed by atoms with van der Waals surface area (Å²) in [7, 11) is 0. The maximum Gasteiger partial charge on any atom is 0.122 e. The molecule has 0 atom stereocenters. The van der Waals surface area contributed by atoms with Crippen LogP contribution in [0.25, 0.3) is 0 Å². The second-order valence-corrected chi connectivity index (χ2v) is 4.75. The van der Waals surface area contributed by atoms with Gasteiger partial charge < -0.3 is 9.84 Å². The van der Waals surface area contributed by atoms with Crippen LogP contribution in [0, 0.1) is 24.7 Å². The summed E-state index contributed by atoms with van der Waals surface area (Å²) in [5, 5.41) is 8.69. The Balaban J connectivity index is 2.65. The van der Waals surface area contributed by atoms with Crippen molar-refractivity contribution < 1.29 is 9.84 Å². The van der Waals surface area contributed by atoms with E-state index in [2.05, 4.69) is 25.7 Å². The molecule has 0 aliphatic rings. The fourth-order valence-electron chi connectivity index (χ4n) is 1.84. The van der Waals surface area contributed by atoms with Crippen LogP contribution in [0.5, 0.6) is 5.75 Å². The largest absolute Gasteiger partial charge is 0.493 e. The SMILES string of the molecule is CCC(CC)COc1ccc(C#CCCO)cc1C. The van der Waals surface area contributed by atoms with Gasteiger partial charge in [-0.25, -0.2) is 0 Å². The molecule has 1 aromatic rings. The Hall–Kier alpha value is -1.46. The number of rotatable bonds is 6. The second-order valence-electron chi connectivity index (χ2n) is 4.75. The van der Waals surface area contributed by atoms with Gasteiger partial charge in [0, 0.05) is 12.0 Å². The molecule has 0 unspecified atom stereocenters. The highest BCUT2D eigenvalue weighted by Gasteiger charge is 2.06. The molecule has 0 saturated carbocycles. The van der Waals surface area contributed by atoms with Crippen molar-refractivity contribution >= 4 is 0 Å². The zero-order chi connectivity index (χ0) is 14.1. The molecule has 0 heterocycles. The minimum atomic E-state index is 0.114. The van der Waals surface area contributed by atoms with Gasteiger partial charge in [-0.2, -0.15) is 0 Å². The predicted octanol–water partition coefficient (Wildman–Crippen LogP) is 3.54. The highest BCUT2D eigenvalue weighted by molar-refractivity contribution is 5.43. The van der Waals surface area contributed by atoms with E-state index in [0.717, 1.165) is 36.3 Å². The van der Waals surface area contributed by atoms with Gasteiger partial charge in [0.1, 0.15) is 5.75 Å². The van der Waals surface area contributed by atoms with Gasteiger partial charge in [0.15, 0.2) is 0 Å². The molecule has 2 nitrogen and oxygen atoms in total. The summed E-state index contributed by atoms with van der Waals surface area (Å²) in [4.78, 5) is 0. The van der Waals surface area contributed by atoms with Crippen LogP contribution in [0.2, 0.25) is 0 Å². The molecule has 0 bridgehead atoms. The van der Waals surface area contributed by atoms with Crippen molar-refractivity contribution in [2.75, 3.05) is 13.2 Å². The van der Waals surface area contributed by atoms with E-state index in [0.29, 0.717) is 12.3 Å². The molecule has 0 fully saturated rings. The number of ether oxygens (including phenoxy) is 1. The number of hydrogen-bond donors (Lipinski definition) is 1. The van der Waals surface area contributed by atoms with Crippen LogP contribution < -0.4 is 4.74 Å². The molecule has 0 saturated heterocycles. The first kappa shape index (κ1) is 15.6. The average Bonchev–Trinajstić information content (AvgIpc) is 2.42. The average molecular weight is 260 g/mol. The summed E-state index contributed by atoms with van der Waals surface area (Å²) in [5.41, 5.74) is 2.09. The monoisotopic (exact) mass is 260 g/mol. The maximum atomic E-state index is 8.69. The molecule has 104 valence electrons. The molecular weight excluding hydrogens is 236 g/mol. The summed E-state index contributed by atoms with van der Waals surface area (Å²) in [6, 6.07) is 5.99. The smallest absolute Gasteiger partial charge is 0.122 e. The topological polar surface area (TPSA) is 29.5 Å². The summed E-state index contributed by atoms with van der Waals surface area (Å²) in [6.45, 7) is 7.33. The Morgan fingerprint density at radius 2 is 2.00 bits per heavy atom. The van der Waals surface area contributed by atoms with Crippen LogP contribution in [0.3, 0.4) is 0 Å². The molecule has 0 radical (unpaired) electrons. The molecule has 0 aliphatic carbocycles. The lowest BCUT2D eigenvalue weighted by Gasteiger charge is -2.15. The van der Waals surface area contributed by atoms with E-state index >= 15 is 0 Å². The molecule has 1 aromatic carbocycles. The Kier molecular flexibility index (Phi) is 7.07. The van der Waals surface area contributed by atoms with Crippen LogP contribution in [0.4, 0.5) is 0 Å². The minimum absolute atomic E-state index is 0.114. The lowest BCUT2D eigenvalue weighted by molar-refractivity contribution is 0.239. The van der Waals surface area contributed by atoms with Gasteiger partial charge in [0.2, 0.25) is 0 Å². The number of aliphatic hydroxyl groups is 1. The van der Waals surface area contributed by atoms with E-state index in [-0.39, 0.29) is 6.61 Å².